The van der Waals surface area contributed by atoms with Crippen molar-refractivity contribution in [3.63, 3.8) is 0 Å². The Morgan fingerprint density at radius 1 is 1.23 bits per heavy atom. The van der Waals surface area contributed by atoms with E-state index in [2.05, 4.69) is 10.5 Å². The summed E-state index contributed by atoms with van der Waals surface area (Å²) in [7, 11) is 1.51. The summed E-state index contributed by atoms with van der Waals surface area (Å²) in [5, 5.41) is 6.88. The predicted molar refractivity (Wildman–Crippen MR) is 124 cm³/mol. The highest BCUT2D eigenvalue weighted by Crippen LogP contribution is 2.36. The van der Waals surface area contributed by atoms with Gasteiger partial charge in [-0.2, -0.15) is 0 Å². The molecule has 2 aromatic rings. The minimum atomic E-state index is -1.15. The number of ether oxygens (including phenoxy) is 1. The van der Waals surface area contributed by atoms with Crippen LogP contribution in [-0.2, 0) is 27.2 Å². The minimum Gasteiger partial charge on any atom is -0.383 e. The second-order valence-electron chi connectivity index (χ2n) is 9.29. The number of nitrogens with zero attached hydrogens (tertiary/aromatic N) is 3. The highest BCUT2D eigenvalue weighted by molar-refractivity contribution is 6.07. The van der Waals surface area contributed by atoms with E-state index in [-0.39, 0.29) is 49.5 Å². The standard InChI is InChI=1S/C25H31FN4O5/c1-16-21(17(2)35-28-16)14-22(31)29-10-8-19(9-11-29)25(15-18-4-6-20(26)7-5-18)23(32)30(12-13-34-3)24(33)27-25/h4-7,19H,8-15H2,1-3H3,(H,27,33). The zero-order valence-corrected chi connectivity index (χ0v) is 20.3. The Labute approximate surface area is 203 Å². The number of aromatic nitrogens is 1. The van der Waals surface area contributed by atoms with Gasteiger partial charge in [0.15, 0.2) is 0 Å². The molecule has 1 atom stereocenters. The molecule has 4 rings (SSSR count). The van der Waals surface area contributed by atoms with Crippen LogP contribution < -0.4 is 5.32 Å². The van der Waals surface area contributed by atoms with Gasteiger partial charge in [-0.15, -0.1) is 0 Å². The number of nitrogens with one attached hydrogen (secondary N) is 1. The Bertz CT molecular complexity index is 1070. The van der Waals surface area contributed by atoms with Crippen LogP contribution >= 0.6 is 0 Å². The van der Waals surface area contributed by atoms with Crippen molar-refractivity contribution in [3.05, 3.63) is 52.7 Å². The summed E-state index contributed by atoms with van der Waals surface area (Å²) in [5.74, 6) is -0.228. The van der Waals surface area contributed by atoms with Crippen LogP contribution in [-0.4, -0.2) is 71.7 Å². The van der Waals surface area contributed by atoms with E-state index in [1.807, 2.05) is 6.92 Å². The molecule has 0 spiro atoms. The lowest BCUT2D eigenvalue weighted by atomic mass is 9.74. The van der Waals surface area contributed by atoms with Crippen LogP contribution in [0.1, 0.15) is 35.4 Å². The van der Waals surface area contributed by atoms with E-state index >= 15 is 0 Å². The number of hydrogen-bond donors (Lipinski definition) is 1. The van der Waals surface area contributed by atoms with Crippen molar-refractivity contribution in [2.45, 2.75) is 45.1 Å². The SMILES string of the molecule is COCCN1C(=O)NC(Cc2ccc(F)cc2)(C2CCN(C(=O)Cc3c(C)noc3C)CC2)C1=O. The third-order valence-corrected chi connectivity index (χ3v) is 7.17. The molecule has 1 aromatic heterocycles. The van der Waals surface area contributed by atoms with Gasteiger partial charge in [0, 0.05) is 32.2 Å². The third-order valence-electron chi connectivity index (χ3n) is 7.17. The topological polar surface area (TPSA) is 105 Å². The van der Waals surface area contributed by atoms with Gasteiger partial charge in [-0.25, -0.2) is 9.18 Å². The van der Waals surface area contributed by atoms with Crippen LogP contribution in [0.15, 0.2) is 28.8 Å². The molecule has 1 aromatic carbocycles. The fourth-order valence-corrected chi connectivity index (χ4v) is 5.13. The van der Waals surface area contributed by atoms with Crippen molar-refractivity contribution in [2.24, 2.45) is 5.92 Å². The predicted octanol–water partition coefficient (Wildman–Crippen LogP) is 2.39. The zero-order valence-electron chi connectivity index (χ0n) is 20.3. The number of piperidine rings is 1. The maximum Gasteiger partial charge on any atom is 0.325 e. The Balaban J connectivity index is 1.51. The van der Waals surface area contributed by atoms with Gasteiger partial charge in [0.05, 0.1) is 25.3 Å². The van der Waals surface area contributed by atoms with Gasteiger partial charge in [-0.05, 0) is 50.3 Å². The van der Waals surface area contributed by atoms with Gasteiger partial charge in [0.1, 0.15) is 17.1 Å². The van der Waals surface area contributed by atoms with E-state index in [0.717, 1.165) is 11.1 Å². The van der Waals surface area contributed by atoms with Crippen molar-refractivity contribution < 1.29 is 28.0 Å². The molecule has 2 aliphatic rings. The molecule has 4 amide bonds. The molecular formula is C25H31FN4O5. The summed E-state index contributed by atoms with van der Waals surface area (Å²) >= 11 is 0. The molecule has 1 unspecified atom stereocenters. The van der Waals surface area contributed by atoms with Crippen molar-refractivity contribution in [2.75, 3.05) is 33.4 Å². The fraction of sp³-hybridized carbons (Fsp3) is 0.520. The van der Waals surface area contributed by atoms with Crippen molar-refractivity contribution in [3.8, 4) is 0 Å². The minimum absolute atomic E-state index is 0.0195. The van der Waals surface area contributed by atoms with Gasteiger partial charge < -0.3 is 19.5 Å². The molecule has 0 aliphatic carbocycles. The number of imide groups is 1. The van der Waals surface area contributed by atoms with Crippen molar-refractivity contribution >= 4 is 17.8 Å². The number of methoxy groups -OCH3 is 1. The Hall–Kier alpha value is -3.27. The fourth-order valence-electron chi connectivity index (χ4n) is 5.13. The molecule has 0 radical (unpaired) electrons. The first-order valence-corrected chi connectivity index (χ1v) is 11.8. The number of hydrogen-bond acceptors (Lipinski definition) is 6. The second kappa shape index (κ2) is 10.2. The van der Waals surface area contributed by atoms with E-state index in [4.69, 9.17) is 9.26 Å². The zero-order chi connectivity index (χ0) is 25.2. The highest BCUT2D eigenvalue weighted by Gasteiger charge is 2.55. The summed E-state index contributed by atoms with van der Waals surface area (Å²) in [6.45, 7) is 4.94. The third kappa shape index (κ3) is 4.93. The maximum atomic E-state index is 13.6. The number of likely N-dealkylation sites (tertiary alicyclic amines) is 1. The molecule has 3 heterocycles. The lowest BCUT2D eigenvalue weighted by molar-refractivity contribution is -0.136. The van der Waals surface area contributed by atoms with Crippen LogP contribution in [0.5, 0.6) is 0 Å². The molecule has 2 aliphatic heterocycles. The number of benzene rings is 1. The van der Waals surface area contributed by atoms with Crippen molar-refractivity contribution in [1.29, 1.82) is 0 Å². The smallest absolute Gasteiger partial charge is 0.325 e. The lowest BCUT2D eigenvalue weighted by Gasteiger charge is -2.41. The van der Waals surface area contributed by atoms with E-state index in [1.54, 1.807) is 24.0 Å². The molecule has 35 heavy (non-hydrogen) atoms. The van der Waals surface area contributed by atoms with Crippen LogP contribution in [0, 0.1) is 25.6 Å². The summed E-state index contributed by atoms with van der Waals surface area (Å²) in [5.41, 5.74) is 1.11. The van der Waals surface area contributed by atoms with E-state index < -0.39 is 11.6 Å². The lowest BCUT2D eigenvalue weighted by Crippen LogP contribution is -2.58. The van der Waals surface area contributed by atoms with Crippen LogP contribution in [0.2, 0.25) is 0 Å². The molecule has 0 bridgehead atoms. The number of rotatable bonds is 8. The quantitative estimate of drug-likeness (QED) is 0.575. The summed E-state index contributed by atoms with van der Waals surface area (Å²) < 4.78 is 23.7. The summed E-state index contributed by atoms with van der Waals surface area (Å²) in [4.78, 5) is 42.4. The normalized spacial score (nSPS) is 21.0. The number of aryl methyl sites for hydroxylation is 2. The monoisotopic (exact) mass is 486 g/mol. The van der Waals surface area contributed by atoms with Crippen LogP contribution in [0.25, 0.3) is 0 Å². The van der Waals surface area contributed by atoms with E-state index in [9.17, 15) is 18.8 Å². The number of carbonyl (C=O) groups excluding carboxylic acids is 3. The summed E-state index contributed by atoms with van der Waals surface area (Å²) in [6, 6.07) is 5.52. The molecule has 2 fully saturated rings. The Kier molecular flexibility index (Phi) is 7.20. The average molecular weight is 487 g/mol. The number of halogens is 1. The van der Waals surface area contributed by atoms with Gasteiger partial charge in [0.2, 0.25) is 5.91 Å². The maximum absolute atomic E-state index is 13.6. The second-order valence-corrected chi connectivity index (χ2v) is 9.29. The first-order chi connectivity index (χ1) is 16.7. The first kappa shape index (κ1) is 24.8. The van der Waals surface area contributed by atoms with Crippen LogP contribution in [0.3, 0.4) is 0 Å². The molecule has 10 heteroatoms. The Morgan fingerprint density at radius 2 is 1.91 bits per heavy atom. The van der Waals surface area contributed by atoms with E-state index in [0.29, 0.717) is 37.4 Å². The van der Waals surface area contributed by atoms with Gasteiger partial charge in [0.25, 0.3) is 5.91 Å². The Morgan fingerprint density at radius 3 is 2.51 bits per heavy atom. The van der Waals surface area contributed by atoms with Crippen LogP contribution in [0.4, 0.5) is 9.18 Å². The molecule has 0 saturated carbocycles. The van der Waals surface area contributed by atoms with Crippen molar-refractivity contribution in [1.82, 2.24) is 20.3 Å². The van der Waals surface area contributed by atoms with Gasteiger partial charge in [-0.1, -0.05) is 17.3 Å². The largest absolute Gasteiger partial charge is 0.383 e. The molecular weight excluding hydrogens is 455 g/mol. The molecule has 1 N–H and O–H groups in total. The van der Waals surface area contributed by atoms with Gasteiger partial charge in [-0.3, -0.25) is 14.5 Å². The van der Waals surface area contributed by atoms with Gasteiger partial charge >= 0.3 is 6.03 Å². The number of carbonyl (C=O) groups is 3. The molecule has 9 nitrogen and oxygen atoms in total. The number of urea groups is 1. The molecule has 2 saturated heterocycles. The summed E-state index contributed by atoms with van der Waals surface area (Å²) in [6.07, 6.45) is 1.57. The molecule has 188 valence electrons. The van der Waals surface area contributed by atoms with E-state index in [1.165, 1.54) is 24.1 Å². The highest BCUT2D eigenvalue weighted by atomic mass is 19.1. The average Bonchev–Trinajstić information content (AvgIpc) is 3.29. The first-order valence-electron chi connectivity index (χ1n) is 11.8. The number of amides is 4.